The molecule has 0 radical (unpaired) electrons. The maximum absolute atomic E-state index is 6.24. The van der Waals surface area contributed by atoms with Crippen LogP contribution in [0.1, 0.15) is 44.3 Å². The Labute approximate surface area is 109 Å². The molecule has 0 aromatic carbocycles. The minimum Gasteiger partial charge on any atom is -0.311 e. The van der Waals surface area contributed by atoms with Crippen molar-refractivity contribution in [3.63, 3.8) is 0 Å². The van der Waals surface area contributed by atoms with Gasteiger partial charge in [-0.25, -0.2) is 0 Å². The van der Waals surface area contributed by atoms with E-state index in [1.807, 2.05) is 18.8 Å². The van der Waals surface area contributed by atoms with Gasteiger partial charge in [0.15, 0.2) is 0 Å². The number of nitrogens with zero attached hydrogens (tertiary/aromatic N) is 2. The van der Waals surface area contributed by atoms with Crippen LogP contribution in [-0.4, -0.2) is 16.8 Å². The summed E-state index contributed by atoms with van der Waals surface area (Å²) in [7, 11) is 3.99. The summed E-state index contributed by atoms with van der Waals surface area (Å²) in [5, 5.41) is 8.45. The third kappa shape index (κ3) is 2.50. The second kappa shape index (κ2) is 5.40. The second-order valence-corrected chi connectivity index (χ2v) is 5.52. The summed E-state index contributed by atoms with van der Waals surface area (Å²) in [5.74, 6) is 1.58. The van der Waals surface area contributed by atoms with Crippen molar-refractivity contribution in [2.75, 3.05) is 7.05 Å². The molecule has 3 atom stereocenters. The molecule has 1 fully saturated rings. The third-order valence-corrected chi connectivity index (χ3v) is 4.46. The van der Waals surface area contributed by atoms with Crippen LogP contribution in [0.3, 0.4) is 0 Å². The van der Waals surface area contributed by atoms with Crippen LogP contribution in [0.2, 0.25) is 5.02 Å². The molecule has 3 nitrogen and oxygen atoms in total. The zero-order chi connectivity index (χ0) is 12.4. The fourth-order valence-electron chi connectivity index (χ4n) is 3.15. The monoisotopic (exact) mass is 255 g/mol. The molecule has 0 spiro atoms. The van der Waals surface area contributed by atoms with Crippen molar-refractivity contribution in [1.82, 2.24) is 15.1 Å². The molecule has 1 aliphatic rings. The highest BCUT2D eigenvalue weighted by molar-refractivity contribution is 6.31. The average Bonchev–Trinajstić information content (AvgIpc) is 2.91. The van der Waals surface area contributed by atoms with Gasteiger partial charge in [-0.3, -0.25) is 4.68 Å². The Bertz CT molecular complexity index is 355. The Kier molecular flexibility index (Phi) is 4.10. The average molecular weight is 256 g/mol. The maximum Gasteiger partial charge on any atom is 0.0834 e. The van der Waals surface area contributed by atoms with Crippen LogP contribution >= 0.6 is 11.6 Å². The van der Waals surface area contributed by atoms with E-state index in [2.05, 4.69) is 17.3 Å². The lowest BCUT2D eigenvalue weighted by atomic mass is 9.93. The van der Waals surface area contributed by atoms with Crippen molar-refractivity contribution >= 4 is 11.6 Å². The molecule has 1 aliphatic carbocycles. The number of aromatic nitrogens is 2. The van der Waals surface area contributed by atoms with Gasteiger partial charge in [0, 0.05) is 7.05 Å². The number of nitrogens with one attached hydrogen (secondary N) is 1. The van der Waals surface area contributed by atoms with Gasteiger partial charge < -0.3 is 5.32 Å². The summed E-state index contributed by atoms with van der Waals surface area (Å²) in [6.07, 6.45) is 7.00. The standard InChI is InChI=1S/C13H22ClN3/c1-4-9-5-6-10(7-9)12(15-2)13-11(14)8-16-17(13)3/h8-10,12,15H,4-7H2,1-3H3. The zero-order valence-electron chi connectivity index (χ0n) is 10.9. The molecule has 0 amide bonds. The molecule has 4 heteroatoms. The molecule has 2 rings (SSSR count). The molecule has 96 valence electrons. The molecule has 17 heavy (non-hydrogen) atoms. The first-order chi connectivity index (χ1) is 8.17. The van der Waals surface area contributed by atoms with E-state index in [0.717, 1.165) is 16.6 Å². The maximum atomic E-state index is 6.24. The van der Waals surface area contributed by atoms with Gasteiger partial charge in [-0.1, -0.05) is 31.4 Å². The van der Waals surface area contributed by atoms with E-state index < -0.39 is 0 Å². The molecule has 0 bridgehead atoms. The first kappa shape index (κ1) is 12.9. The molecule has 1 aromatic rings. The molecule has 3 unspecified atom stereocenters. The van der Waals surface area contributed by atoms with E-state index in [4.69, 9.17) is 11.6 Å². The Balaban J connectivity index is 2.17. The summed E-state index contributed by atoms with van der Waals surface area (Å²) in [6, 6.07) is 0.339. The topological polar surface area (TPSA) is 29.9 Å². The van der Waals surface area contributed by atoms with E-state index in [1.165, 1.54) is 25.7 Å². The largest absolute Gasteiger partial charge is 0.311 e. The van der Waals surface area contributed by atoms with Crippen LogP contribution in [0.5, 0.6) is 0 Å². The minimum absolute atomic E-state index is 0.339. The lowest BCUT2D eigenvalue weighted by molar-refractivity contribution is 0.356. The van der Waals surface area contributed by atoms with Crippen molar-refractivity contribution in [2.45, 2.75) is 38.6 Å². The van der Waals surface area contributed by atoms with Crippen molar-refractivity contribution in [1.29, 1.82) is 0 Å². The van der Waals surface area contributed by atoms with Crippen LogP contribution in [0.4, 0.5) is 0 Å². The SMILES string of the molecule is CCC1CCC(C(NC)c2c(Cl)cnn2C)C1. The highest BCUT2D eigenvalue weighted by Crippen LogP contribution is 2.41. The number of rotatable bonds is 4. The summed E-state index contributed by atoms with van der Waals surface area (Å²) in [4.78, 5) is 0. The molecular weight excluding hydrogens is 234 g/mol. The van der Waals surface area contributed by atoms with Crippen LogP contribution in [0, 0.1) is 11.8 Å². The lowest BCUT2D eigenvalue weighted by Crippen LogP contribution is -2.26. The lowest BCUT2D eigenvalue weighted by Gasteiger charge is -2.24. The Hall–Kier alpha value is -0.540. The predicted molar refractivity (Wildman–Crippen MR) is 71.1 cm³/mol. The fourth-order valence-corrected chi connectivity index (χ4v) is 3.44. The van der Waals surface area contributed by atoms with Crippen molar-refractivity contribution in [3.8, 4) is 0 Å². The zero-order valence-corrected chi connectivity index (χ0v) is 11.7. The van der Waals surface area contributed by atoms with Gasteiger partial charge in [0.2, 0.25) is 0 Å². The number of aryl methyl sites for hydroxylation is 1. The highest BCUT2D eigenvalue weighted by Gasteiger charge is 2.32. The van der Waals surface area contributed by atoms with Gasteiger partial charge in [-0.05, 0) is 31.7 Å². The van der Waals surface area contributed by atoms with Crippen molar-refractivity contribution < 1.29 is 0 Å². The Morgan fingerprint density at radius 1 is 1.59 bits per heavy atom. The van der Waals surface area contributed by atoms with Gasteiger partial charge in [-0.2, -0.15) is 5.10 Å². The third-order valence-electron chi connectivity index (χ3n) is 4.17. The molecule has 0 saturated heterocycles. The van der Waals surface area contributed by atoms with Crippen LogP contribution in [0.25, 0.3) is 0 Å². The highest BCUT2D eigenvalue weighted by atomic mass is 35.5. The summed E-state index contributed by atoms with van der Waals surface area (Å²) >= 11 is 6.24. The number of hydrogen-bond donors (Lipinski definition) is 1. The number of halogens is 1. The van der Waals surface area contributed by atoms with Crippen LogP contribution < -0.4 is 5.32 Å². The van der Waals surface area contributed by atoms with E-state index in [1.54, 1.807) is 6.20 Å². The normalized spacial score (nSPS) is 26.4. The molecule has 1 saturated carbocycles. The Morgan fingerprint density at radius 3 is 2.82 bits per heavy atom. The molecular formula is C13H22ClN3. The first-order valence-electron chi connectivity index (χ1n) is 6.52. The van der Waals surface area contributed by atoms with E-state index >= 15 is 0 Å². The van der Waals surface area contributed by atoms with Gasteiger partial charge >= 0.3 is 0 Å². The minimum atomic E-state index is 0.339. The fraction of sp³-hybridized carbons (Fsp3) is 0.769. The summed E-state index contributed by atoms with van der Waals surface area (Å²) in [5.41, 5.74) is 1.14. The summed E-state index contributed by atoms with van der Waals surface area (Å²) in [6.45, 7) is 2.29. The van der Waals surface area contributed by atoms with Crippen LogP contribution in [-0.2, 0) is 7.05 Å². The summed E-state index contributed by atoms with van der Waals surface area (Å²) < 4.78 is 1.91. The van der Waals surface area contributed by atoms with Gasteiger partial charge in [-0.15, -0.1) is 0 Å². The number of hydrogen-bond acceptors (Lipinski definition) is 2. The van der Waals surface area contributed by atoms with Gasteiger partial charge in [0.25, 0.3) is 0 Å². The van der Waals surface area contributed by atoms with Gasteiger partial charge in [0.1, 0.15) is 0 Å². The molecule has 0 aliphatic heterocycles. The van der Waals surface area contributed by atoms with Crippen LogP contribution in [0.15, 0.2) is 6.20 Å². The molecule has 1 N–H and O–H groups in total. The van der Waals surface area contributed by atoms with E-state index in [-0.39, 0.29) is 0 Å². The van der Waals surface area contributed by atoms with E-state index in [9.17, 15) is 0 Å². The Morgan fingerprint density at radius 2 is 2.35 bits per heavy atom. The first-order valence-corrected chi connectivity index (χ1v) is 6.89. The van der Waals surface area contributed by atoms with Crippen molar-refractivity contribution in [3.05, 3.63) is 16.9 Å². The molecule has 1 heterocycles. The quantitative estimate of drug-likeness (QED) is 0.896. The van der Waals surface area contributed by atoms with Gasteiger partial charge in [0.05, 0.1) is 23.0 Å². The predicted octanol–water partition coefficient (Wildman–Crippen LogP) is 3.16. The smallest absolute Gasteiger partial charge is 0.0834 e. The second-order valence-electron chi connectivity index (χ2n) is 5.12. The van der Waals surface area contributed by atoms with Crippen molar-refractivity contribution in [2.24, 2.45) is 18.9 Å². The molecule has 1 aromatic heterocycles. The van der Waals surface area contributed by atoms with E-state index in [0.29, 0.717) is 12.0 Å².